The van der Waals surface area contributed by atoms with Gasteiger partial charge in [-0.2, -0.15) is 0 Å². The van der Waals surface area contributed by atoms with E-state index in [1.807, 2.05) is 36.4 Å². The molecule has 0 atom stereocenters. The lowest BCUT2D eigenvalue weighted by molar-refractivity contribution is 1.21. The molecule has 66 heavy (non-hydrogen) atoms. The minimum absolute atomic E-state index is 0.729. The van der Waals surface area contributed by atoms with Gasteiger partial charge in [0, 0.05) is 70.3 Å². The molecule has 0 aliphatic rings. The molecular weight excluding hydrogens is 809 g/mol. The van der Waals surface area contributed by atoms with Crippen molar-refractivity contribution in [3.8, 4) is 0 Å². The first-order valence-electron chi connectivity index (χ1n) is 21.9. The molecule has 0 aliphatic heterocycles. The van der Waals surface area contributed by atoms with E-state index in [1.165, 1.54) is 0 Å². The molecule has 0 spiro atoms. The zero-order valence-corrected chi connectivity index (χ0v) is 35.8. The van der Waals surface area contributed by atoms with Gasteiger partial charge in [0.2, 0.25) is 0 Å². The molecule has 0 N–H and O–H groups in total. The second-order valence-electron chi connectivity index (χ2n) is 15.6. The summed E-state index contributed by atoms with van der Waals surface area (Å²) in [7, 11) is 0. The van der Waals surface area contributed by atoms with Gasteiger partial charge in [0.25, 0.3) is 0 Å². The van der Waals surface area contributed by atoms with Crippen LogP contribution in [0, 0.1) is 0 Å². The fourth-order valence-electron chi connectivity index (χ4n) is 8.70. The van der Waals surface area contributed by atoms with Gasteiger partial charge >= 0.3 is 0 Å². The van der Waals surface area contributed by atoms with E-state index in [1.54, 1.807) is 24.8 Å². The van der Waals surface area contributed by atoms with Crippen LogP contribution < -0.4 is 19.6 Å². The third kappa shape index (κ3) is 7.58. The van der Waals surface area contributed by atoms with Crippen LogP contribution in [0.3, 0.4) is 0 Å². The quantitative estimate of drug-likeness (QED) is 0.120. The van der Waals surface area contributed by atoms with Crippen molar-refractivity contribution < 1.29 is 0 Å². The lowest BCUT2D eigenvalue weighted by Gasteiger charge is -2.31. The average molecular weight is 851 g/mol. The van der Waals surface area contributed by atoms with Crippen LogP contribution in [-0.4, -0.2) is 19.9 Å². The molecule has 11 aromatic rings. The van der Waals surface area contributed by atoms with Crippen LogP contribution in [-0.2, 0) is 0 Å². The summed E-state index contributed by atoms with van der Waals surface area (Å²) in [6.07, 6.45) is 7.06. The maximum atomic E-state index is 5.11. The number of aromatic nitrogens is 4. The first-order valence-corrected chi connectivity index (χ1v) is 21.9. The van der Waals surface area contributed by atoms with Gasteiger partial charge in [-0.05, 0) is 121 Å². The third-order valence-corrected chi connectivity index (χ3v) is 11.6. The van der Waals surface area contributed by atoms with Crippen LogP contribution in [0.1, 0.15) is 0 Å². The molecule has 0 saturated heterocycles. The van der Waals surface area contributed by atoms with Gasteiger partial charge in [0.1, 0.15) is 22.1 Å². The molecule has 0 aliphatic carbocycles. The molecule has 0 bridgehead atoms. The van der Waals surface area contributed by atoms with Gasteiger partial charge in [0.15, 0.2) is 0 Å². The predicted molar refractivity (Wildman–Crippen MR) is 271 cm³/mol. The van der Waals surface area contributed by atoms with Crippen LogP contribution in [0.15, 0.2) is 255 Å². The number of hydrogen-bond acceptors (Lipinski definition) is 8. The minimum atomic E-state index is 0.729. The largest absolute Gasteiger partial charge is 0.311 e. The van der Waals surface area contributed by atoms with Crippen LogP contribution in [0.5, 0.6) is 0 Å². The van der Waals surface area contributed by atoms with Gasteiger partial charge in [-0.25, -0.2) is 0 Å². The van der Waals surface area contributed by atoms with Gasteiger partial charge in [-0.15, -0.1) is 0 Å². The van der Waals surface area contributed by atoms with E-state index in [-0.39, 0.29) is 0 Å². The van der Waals surface area contributed by atoms with E-state index in [0.717, 1.165) is 90.3 Å². The van der Waals surface area contributed by atoms with Gasteiger partial charge in [-0.3, -0.25) is 19.9 Å². The first-order chi connectivity index (χ1) is 32.8. The molecule has 11 rings (SSSR count). The van der Waals surface area contributed by atoms with E-state index in [4.69, 9.17) is 19.9 Å². The standard InChI is InChI=1S/C58H42N8/c1-7-19-43(20-8-1)63(44-21-9-2-10-22-44)49-31-33-50(34-32-49)65(47-27-15-5-16-28-47)52-36-38-54(58-56(52)60-40-42-62-58)66(48-29-17-6-18-30-48)53-37-35-51(55-57(53)61-41-39-59-55)64(45-23-11-3-12-24-45)46-25-13-4-14-26-46/h1-42H. The van der Waals surface area contributed by atoms with Crippen LogP contribution >= 0.6 is 0 Å². The summed E-state index contributed by atoms with van der Waals surface area (Å²) in [4.78, 5) is 29.3. The highest BCUT2D eigenvalue weighted by molar-refractivity contribution is 6.08. The number of benzene rings is 9. The number of para-hydroxylation sites is 6. The number of nitrogens with zero attached hydrogens (tertiary/aromatic N) is 8. The summed E-state index contributed by atoms with van der Waals surface area (Å²) in [6, 6.07) is 79.7. The Morgan fingerprint density at radius 1 is 0.182 bits per heavy atom. The SMILES string of the molecule is c1ccc(N(c2ccccc2)c2ccc(N(c3ccccc3)c3ccc(N(c4ccccc4)c4ccc(N(c5ccccc5)c5ccccc5)c5nccnc45)c4nccnc34)cc2)cc1. The van der Waals surface area contributed by atoms with E-state index < -0.39 is 0 Å². The molecule has 0 fully saturated rings. The molecule has 0 saturated carbocycles. The Bertz CT molecular complexity index is 3280. The molecule has 9 aromatic carbocycles. The van der Waals surface area contributed by atoms with E-state index in [9.17, 15) is 0 Å². The molecule has 0 unspecified atom stereocenters. The van der Waals surface area contributed by atoms with Crippen LogP contribution in [0.4, 0.5) is 68.2 Å². The van der Waals surface area contributed by atoms with Gasteiger partial charge in [0.05, 0.1) is 22.7 Å². The number of fused-ring (bicyclic) bond motifs is 2. The fourth-order valence-corrected chi connectivity index (χ4v) is 8.70. The Morgan fingerprint density at radius 3 is 0.652 bits per heavy atom. The smallest absolute Gasteiger partial charge is 0.115 e. The molecule has 0 radical (unpaired) electrons. The molecule has 8 heteroatoms. The van der Waals surface area contributed by atoms with Crippen molar-refractivity contribution in [2.75, 3.05) is 19.6 Å². The normalized spacial score (nSPS) is 11.0. The average Bonchev–Trinajstić information content (AvgIpc) is 3.40. The first kappa shape index (κ1) is 39.7. The lowest BCUT2D eigenvalue weighted by Crippen LogP contribution is -2.16. The minimum Gasteiger partial charge on any atom is -0.311 e. The summed E-state index contributed by atoms with van der Waals surface area (Å²) in [6.45, 7) is 0. The highest BCUT2D eigenvalue weighted by Gasteiger charge is 2.26. The van der Waals surface area contributed by atoms with E-state index in [0.29, 0.717) is 0 Å². The third-order valence-electron chi connectivity index (χ3n) is 11.6. The number of anilines is 12. The highest BCUT2D eigenvalue weighted by Crippen LogP contribution is 2.47. The van der Waals surface area contributed by atoms with Gasteiger partial charge < -0.3 is 19.6 Å². The molecule has 8 nitrogen and oxygen atoms in total. The molecule has 2 heterocycles. The Morgan fingerprint density at radius 2 is 0.379 bits per heavy atom. The van der Waals surface area contributed by atoms with Crippen molar-refractivity contribution in [3.05, 3.63) is 255 Å². The zero-order valence-electron chi connectivity index (χ0n) is 35.8. The second-order valence-corrected chi connectivity index (χ2v) is 15.6. The molecule has 0 amide bonds. The summed E-state index contributed by atoms with van der Waals surface area (Å²) < 4.78 is 0. The van der Waals surface area contributed by atoms with Crippen LogP contribution in [0.25, 0.3) is 22.1 Å². The topological polar surface area (TPSA) is 64.5 Å². The van der Waals surface area contributed by atoms with Crippen LogP contribution in [0.2, 0.25) is 0 Å². The molecular formula is C58H42N8. The monoisotopic (exact) mass is 850 g/mol. The maximum Gasteiger partial charge on any atom is 0.115 e. The van der Waals surface area contributed by atoms with Crippen molar-refractivity contribution >= 4 is 90.3 Å². The second kappa shape index (κ2) is 17.9. The van der Waals surface area contributed by atoms with Crippen molar-refractivity contribution in [2.45, 2.75) is 0 Å². The van der Waals surface area contributed by atoms with Crippen molar-refractivity contribution in [1.29, 1.82) is 0 Å². The summed E-state index contributed by atoms with van der Waals surface area (Å²) >= 11 is 0. The van der Waals surface area contributed by atoms with E-state index >= 15 is 0 Å². The van der Waals surface area contributed by atoms with Crippen molar-refractivity contribution in [1.82, 2.24) is 19.9 Å². The summed E-state index contributed by atoms with van der Waals surface area (Å²) in [5.41, 5.74) is 14.6. The zero-order chi connectivity index (χ0) is 44.1. The Labute approximate surface area is 383 Å². The fraction of sp³-hybridized carbons (Fsp3) is 0. The highest BCUT2D eigenvalue weighted by atomic mass is 15.2. The number of rotatable bonds is 12. The van der Waals surface area contributed by atoms with E-state index in [2.05, 4.69) is 214 Å². The van der Waals surface area contributed by atoms with Gasteiger partial charge in [-0.1, -0.05) is 109 Å². The Balaban J connectivity index is 1.07. The van der Waals surface area contributed by atoms with Crippen molar-refractivity contribution in [2.24, 2.45) is 0 Å². The Kier molecular flexibility index (Phi) is 10.8. The predicted octanol–water partition coefficient (Wildman–Crippen LogP) is 15.5. The lowest BCUT2D eigenvalue weighted by atomic mass is 10.1. The summed E-state index contributed by atoms with van der Waals surface area (Å²) in [5.74, 6) is 0. The molecule has 2 aromatic heterocycles. The summed E-state index contributed by atoms with van der Waals surface area (Å²) in [5, 5.41) is 0. The maximum absolute atomic E-state index is 5.11. The van der Waals surface area contributed by atoms with Crippen molar-refractivity contribution in [3.63, 3.8) is 0 Å². The molecule has 314 valence electrons. The Hall–Kier alpha value is -9.14. The number of hydrogen-bond donors (Lipinski definition) is 0.